The fourth-order valence-electron chi connectivity index (χ4n) is 1.82. The van der Waals surface area contributed by atoms with Crippen LogP contribution in [-0.2, 0) is 4.79 Å². The van der Waals surface area contributed by atoms with E-state index in [9.17, 15) is 4.79 Å². The minimum Gasteiger partial charge on any atom is -0.490 e. The Hall–Kier alpha value is -2.48. The highest BCUT2D eigenvalue weighted by Gasteiger charge is 2.06. The van der Waals surface area contributed by atoms with Crippen molar-refractivity contribution < 1.29 is 14.3 Å². The fourth-order valence-corrected chi connectivity index (χ4v) is 1.82. The summed E-state index contributed by atoms with van der Waals surface area (Å²) in [6.45, 7) is 6.71. The molecule has 0 aliphatic heterocycles. The van der Waals surface area contributed by atoms with E-state index in [0.717, 1.165) is 5.56 Å². The number of nitrogens with one attached hydrogen (secondary N) is 1. The van der Waals surface area contributed by atoms with Crippen LogP contribution in [-0.4, -0.2) is 25.2 Å². The molecule has 5 nitrogen and oxygen atoms in total. The van der Waals surface area contributed by atoms with Gasteiger partial charge in [-0.2, -0.15) is 5.26 Å². The smallest absolute Gasteiger partial charge is 0.244 e. The minimum atomic E-state index is -0.227. The lowest BCUT2D eigenvalue weighted by Crippen LogP contribution is -2.30. The molecule has 0 saturated heterocycles. The Labute approximate surface area is 131 Å². The van der Waals surface area contributed by atoms with Crippen molar-refractivity contribution in [3.05, 3.63) is 29.8 Å². The summed E-state index contributed by atoms with van der Waals surface area (Å²) in [4.78, 5) is 11.7. The molecule has 1 amide bonds. The number of carbonyl (C=O) groups excluding carboxylic acids is 1. The number of hydrogen-bond acceptors (Lipinski definition) is 4. The average Bonchev–Trinajstić information content (AvgIpc) is 2.48. The van der Waals surface area contributed by atoms with Crippen LogP contribution in [0.3, 0.4) is 0 Å². The Balaban J connectivity index is 2.76. The predicted octanol–water partition coefficient (Wildman–Crippen LogP) is 2.92. The summed E-state index contributed by atoms with van der Waals surface area (Å²) in [5.41, 5.74) is 0.843. The normalized spacial score (nSPS) is 11.7. The molecule has 0 aliphatic carbocycles. The van der Waals surface area contributed by atoms with E-state index in [1.807, 2.05) is 38.1 Å². The first-order valence-corrected chi connectivity index (χ1v) is 7.35. The van der Waals surface area contributed by atoms with Crippen LogP contribution < -0.4 is 14.8 Å². The summed E-state index contributed by atoms with van der Waals surface area (Å²) < 4.78 is 11.0. The summed E-state index contributed by atoms with van der Waals surface area (Å²) in [7, 11) is 0. The molecule has 1 N–H and O–H groups in total. The van der Waals surface area contributed by atoms with Crippen molar-refractivity contribution in [2.24, 2.45) is 0 Å². The molecule has 1 aromatic carbocycles. The Bertz CT molecular complexity index is 562. The third kappa shape index (κ3) is 5.88. The van der Waals surface area contributed by atoms with Crippen molar-refractivity contribution in [3.63, 3.8) is 0 Å². The molecule has 5 heteroatoms. The molecule has 1 unspecified atom stereocenters. The highest BCUT2D eigenvalue weighted by atomic mass is 16.5. The van der Waals surface area contributed by atoms with Gasteiger partial charge in [0.2, 0.25) is 5.91 Å². The van der Waals surface area contributed by atoms with E-state index in [4.69, 9.17) is 14.7 Å². The molecule has 0 radical (unpaired) electrons. The Morgan fingerprint density at radius 2 is 2.00 bits per heavy atom. The van der Waals surface area contributed by atoms with Crippen LogP contribution in [0, 0.1) is 11.3 Å². The number of rotatable bonds is 8. The molecule has 22 heavy (non-hydrogen) atoms. The number of carbonyl (C=O) groups is 1. The van der Waals surface area contributed by atoms with Crippen LogP contribution in [0.5, 0.6) is 11.5 Å². The number of hydrogen-bond donors (Lipinski definition) is 1. The van der Waals surface area contributed by atoms with Gasteiger partial charge in [0.15, 0.2) is 11.5 Å². The molecule has 0 spiro atoms. The Morgan fingerprint density at radius 3 is 2.64 bits per heavy atom. The van der Waals surface area contributed by atoms with Gasteiger partial charge in [0.25, 0.3) is 0 Å². The zero-order valence-corrected chi connectivity index (χ0v) is 13.3. The van der Waals surface area contributed by atoms with Crippen molar-refractivity contribution in [3.8, 4) is 17.6 Å². The number of ether oxygens (including phenoxy) is 2. The minimum absolute atomic E-state index is 0.165. The molecule has 1 atom stereocenters. The van der Waals surface area contributed by atoms with Crippen LogP contribution in [0.1, 0.15) is 32.8 Å². The van der Waals surface area contributed by atoms with Gasteiger partial charge < -0.3 is 14.8 Å². The lowest BCUT2D eigenvalue weighted by atomic mass is 10.2. The van der Waals surface area contributed by atoms with Crippen LogP contribution in [0.4, 0.5) is 0 Å². The number of benzene rings is 1. The summed E-state index contributed by atoms with van der Waals surface area (Å²) in [6.07, 6.45) is 3.43. The largest absolute Gasteiger partial charge is 0.490 e. The van der Waals surface area contributed by atoms with Gasteiger partial charge in [0, 0.05) is 12.1 Å². The molecule has 0 aromatic heterocycles. The standard InChI is InChI=1S/C17H22N2O3/c1-4-21-15-8-6-14(12-16(15)22-5-2)7-9-17(20)19-13(3)10-11-18/h6-9,12-13H,4-5,10H2,1-3H3,(H,19,20)/b9-7+. The lowest BCUT2D eigenvalue weighted by molar-refractivity contribution is -0.116. The summed E-state index contributed by atoms with van der Waals surface area (Å²) >= 11 is 0. The van der Waals surface area contributed by atoms with E-state index < -0.39 is 0 Å². The zero-order valence-electron chi connectivity index (χ0n) is 13.3. The molecule has 0 saturated carbocycles. The van der Waals surface area contributed by atoms with Gasteiger partial charge in [-0.25, -0.2) is 0 Å². The molecule has 0 heterocycles. The number of nitrogens with zero attached hydrogens (tertiary/aromatic N) is 1. The number of nitriles is 1. The van der Waals surface area contributed by atoms with Crippen LogP contribution in [0.25, 0.3) is 6.08 Å². The fraction of sp³-hybridized carbons (Fsp3) is 0.412. The van der Waals surface area contributed by atoms with Gasteiger partial charge in [-0.15, -0.1) is 0 Å². The molecule has 1 rings (SSSR count). The molecule has 0 aliphatic rings. The van der Waals surface area contributed by atoms with Crippen LogP contribution >= 0.6 is 0 Å². The maximum absolute atomic E-state index is 11.7. The van der Waals surface area contributed by atoms with Gasteiger partial charge in [-0.3, -0.25) is 4.79 Å². The second-order valence-corrected chi connectivity index (χ2v) is 4.68. The molecular formula is C17H22N2O3. The first-order chi connectivity index (χ1) is 10.6. The summed E-state index contributed by atoms with van der Waals surface area (Å²) in [6, 6.07) is 7.36. The van der Waals surface area contributed by atoms with Crippen molar-refractivity contribution in [2.75, 3.05) is 13.2 Å². The zero-order chi connectivity index (χ0) is 16.4. The molecule has 118 valence electrons. The Morgan fingerprint density at radius 1 is 1.32 bits per heavy atom. The predicted molar refractivity (Wildman–Crippen MR) is 85.6 cm³/mol. The van der Waals surface area contributed by atoms with Gasteiger partial charge in [0.05, 0.1) is 25.7 Å². The second kappa shape index (κ2) is 9.46. The van der Waals surface area contributed by atoms with Gasteiger partial charge in [0.1, 0.15) is 0 Å². The van der Waals surface area contributed by atoms with Gasteiger partial charge >= 0.3 is 0 Å². The van der Waals surface area contributed by atoms with E-state index in [-0.39, 0.29) is 18.4 Å². The van der Waals surface area contributed by atoms with E-state index in [2.05, 4.69) is 5.32 Å². The topological polar surface area (TPSA) is 71.3 Å². The SMILES string of the molecule is CCOc1ccc(/C=C/C(=O)NC(C)CC#N)cc1OCC. The van der Waals surface area contributed by atoms with E-state index in [0.29, 0.717) is 24.7 Å². The Kier molecular flexibility index (Phi) is 7.55. The molecule has 0 fully saturated rings. The van der Waals surface area contributed by atoms with Crippen molar-refractivity contribution in [1.82, 2.24) is 5.32 Å². The first-order valence-electron chi connectivity index (χ1n) is 7.35. The maximum atomic E-state index is 11.7. The highest BCUT2D eigenvalue weighted by Crippen LogP contribution is 2.28. The van der Waals surface area contributed by atoms with Crippen molar-refractivity contribution >= 4 is 12.0 Å². The monoisotopic (exact) mass is 302 g/mol. The first kappa shape index (κ1) is 17.6. The highest BCUT2D eigenvalue weighted by molar-refractivity contribution is 5.92. The van der Waals surface area contributed by atoms with Crippen molar-refractivity contribution in [1.29, 1.82) is 5.26 Å². The lowest BCUT2D eigenvalue weighted by Gasteiger charge is -2.11. The average molecular weight is 302 g/mol. The van der Waals surface area contributed by atoms with E-state index >= 15 is 0 Å². The second-order valence-electron chi connectivity index (χ2n) is 4.68. The van der Waals surface area contributed by atoms with Crippen LogP contribution in [0.15, 0.2) is 24.3 Å². The van der Waals surface area contributed by atoms with Crippen LogP contribution in [0.2, 0.25) is 0 Å². The summed E-state index contributed by atoms with van der Waals surface area (Å²) in [5, 5.41) is 11.3. The van der Waals surface area contributed by atoms with Gasteiger partial charge in [-0.1, -0.05) is 6.07 Å². The van der Waals surface area contributed by atoms with E-state index in [1.165, 1.54) is 6.08 Å². The maximum Gasteiger partial charge on any atom is 0.244 e. The quantitative estimate of drug-likeness (QED) is 0.749. The van der Waals surface area contributed by atoms with E-state index in [1.54, 1.807) is 13.0 Å². The molecule has 0 bridgehead atoms. The molecular weight excluding hydrogens is 280 g/mol. The van der Waals surface area contributed by atoms with Gasteiger partial charge in [-0.05, 0) is 44.5 Å². The third-order valence-corrected chi connectivity index (χ3v) is 2.78. The third-order valence-electron chi connectivity index (χ3n) is 2.78. The molecule has 1 aromatic rings. The summed E-state index contributed by atoms with van der Waals surface area (Å²) in [5.74, 6) is 1.12. The number of amides is 1. The van der Waals surface area contributed by atoms with Crippen molar-refractivity contribution in [2.45, 2.75) is 33.2 Å².